The van der Waals surface area contributed by atoms with Crippen LogP contribution in [0, 0.1) is 12.7 Å². The number of hydrogen-bond donors (Lipinski definition) is 2. The number of halogens is 4. The van der Waals surface area contributed by atoms with Crippen molar-refractivity contribution < 1.29 is 30.8 Å². The van der Waals surface area contributed by atoms with Gasteiger partial charge in [-0.15, -0.1) is 0 Å². The molecule has 0 saturated heterocycles. The Morgan fingerprint density at radius 2 is 1.69 bits per heavy atom. The van der Waals surface area contributed by atoms with Gasteiger partial charge in [-0.05, 0) is 48.9 Å². The molecule has 2 N–H and O–H groups in total. The van der Waals surface area contributed by atoms with Crippen molar-refractivity contribution >= 4 is 21.6 Å². The molecule has 0 fully saturated rings. The minimum atomic E-state index is -4.59. The highest BCUT2D eigenvalue weighted by atomic mass is 32.2. The number of aryl methyl sites for hydroxylation is 1. The number of sulfonamides is 1. The van der Waals surface area contributed by atoms with Crippen LogP contribution < -0.4 is 10.0 Å². The molecule has 0 bridgehead atoms. The average molecular weight is 390 g/mol. The van der Waals surface area contributed by atoms with E-state index in [4.69, 9.17) is 0 Å². The van der Waals surface area contributed by atoms with Crippen LogP contribution in [0.2, 0.25) is 0 Å². The maximum Gasteiger partial charge on any atom is 0.405 e. The lowest BCUT2D eigenvalue weighted by molar-refractivity contribution is -0.123. The summed E-state index contributed by atoms with van der Waals surface area (Å²) in [5, 5.41) is 1.69. The van der Waals surface area contributed by atoms with Crippen molar-refractivity contribution in [2.45, 2.75) is 18.0 Å². The summed E-state index contributed by atoms with van der Waals surface area (Å²) in [7, 11) is -4.12. The summed E-state index contributed by atoms with van der Waals surface area (Å²) in [5.74, 6) is -1.59. The van der Waals surface area contributed by atoms with Gasteiger partial charge in [0.1, 0.15) is 12.4 Å². The van der Waals surface area contributed by atoms with Gasteiger partial charge in [0.15, 0.2) is 0 Å². The Balaban J connectivity index is 2.27. The largest absolute Gasteiger partial charge is 0.405 e. The summed E-state index contributed by atoms with van der Waals surface area (Å²) in [4.78, 5) is 11.6. The molecule has 0 aliphatic heterocycles. The zero-order valence-electron chi connectivity index (χ0n) is 13.4. The predicted molar refractivity (Wildman–Crippen MR) is 86.8 cm³/mol. The van der Waals surface area contributed by atoms with Crippen molar-refractivity contribution in [1.29, 1.82) is 0 Å². The Labute approximate surface area is 147 Å². The summed E-state index contributed by atoms with van der Waals surface area (Å²) in [6.45, 7) is -0.0671. The molecule has 140 valence electrons. The van der Waals surface area contributed by atoms with E-state index in [1.54, 1.807) is 5.32 Å². The number of rotatable bonds is 5. The van der Waals surface area contributed by atoms with E-state index in [1.165, 1.54) is 31.2 Å². The SMILES string of the molecule is Cc1ccc(S(=O)(=O)Nc2ccc(F)cc2)cc1C(=O)NCC(F)(F)F. The van der Waals surface area contributed by atoms with Gasteiger partial charge in [0.25, 0.3) is 15.9 Å². The predicted octanol–water partition coefficient (Wildman–Crippen LogP) is 3.23. The maximum atomic E-state index is 12.9. The molecular weight excluding hydrogens is 376 g/mol. The third kappa shape index (κ3) is 5.19. The van der Waals surface area contributed by atoms with Gasteiger partial charge in [0.2, 0.25) is 0 Å². The first-order valence-electron chi connectivity index (χ1n) is 7.22. The minimum Gasteiger partial charge on any atom is -0.343 e. The lowest BCUT2D eigenvalue weighted by Gasteiger charge is -2.12. The van der Waals surface area contributed by atoms with Crippen LogP contribution in [0.5, 0.6) is 0 Å². The van der Waals surface area contributed by atoms with Crippen molar-refractivity contribution in [2.24, 2.45) is 0 Å². The summed E-state index contributed by atoms with van der Waals surface area (Å²) in [6.07, 6.45) is -4.59. The van der Waals surface area contributed by atoms with E-state index in [9.17, 15) is 30.8 Å². The van der Waals surface area contributed by atoms with E-state index in [0.29, 0.717) is 5.56 Å². The number of carbonyl (C=O) groups is 1. The summed E-state index contributed by atoms with van der Waals surface area (Å²) < 4.78 is 76.5. The van der Waals surface area contributed by atoms with Crippen molar-refractivity contribution in [3.05, 3.63) is 59.4 Å². The molecule has 1 amide bonds. The molecule has 2 aromatic rings. The van der Waals surface area contributed by atoms with E-state index >= 15 is 0 Å². The zero-order chi connectivity index (χ0) is 19.5. The number of nitrogens with one attached hydrogen (secondary N) is 2. The van der Waals surface area contributed by atoms with E-state index in [-0.39, 0.29) is 16.1 Å². The maximum absolute atomic E-state index is 12.9. The lowest BCUT2D eigenvalue weighted by Crippen LogP contribution is -2.34. The Morgan fingerprint density at radius 3 is 2.27 bits per heavy atom. The van der Waals surface area contributed by atoms with Crippen LogP contribution in [0.1, 0.15) is 15.9 Å². The minimum absolute atomic E-state index is 0.0926. The number of anilines is 1. The second-order valence-electron chi connectivity index (χ2n) is 5.39. The number of benzene rings is 2. The van der Waals surface area contributed by atoms with Gasteiger partial charge >= 0.3 is 6.18 Å². The molecule has 0 aliphatic carbocycles. The van der Waals surface area contributed by atoms with Gasteiger partial charge < -0.3 is 5.32 Å². The summed E-state index contributed by atoms with van der Waals surface area (Å²) >= 11 is 0. The molecule has 0 spiro atoms. The van der Waals surface area contributed by atoms with Gasteiger partial charge in [-0.3, -0.25) is 9.52 Å². The van der Waals surface area contributed by atoms with Crippen LogP contribution in [-0.4, -0.2) is 27.0 Å². The first-order chi connectivity index (χ1) is 12.0. The Bertz CT molecular complexity index is 910. The van der Waals surface area contributed by atoms with Gasteiger partial charge in [0.05, 0.1) is 4.90 Å². The molecule has 0 saturated carbocycles. The van der Waals surface area contributed by atoms with Gasteiger partial charge in [0, 0.05) is 11.3 Å². The fourth-order valence-electron chi connectivity index (χ4n) is 2.02. The van der Waals surface area contributed by atoms with Crippen molar-refractivity contribution in [1.82, 2.24) is 5.32 Å². The van der Waals surface area contributed by atoms with Crippen LogP contribution in [-0.2, 0) is 10.0 Å². The lowest BCUT2D eigenvalue weighted by atomic mass is 10.1. The zero-order valence-corrected chi connectivity index (χ0v) is 14.2. The van der Waals surface area contributed by atoms with E-state index < -0.39 is 34.5 Å². The third-order valence-electron chi connectivity index (χ3n) is 3.31. The summed E-state index contributed by atoms with van der Waals surface area (Å²) in [5.41, 5.74) is 0.205. The van der Waals surface area contributed by atoms with Crippen LogP contribution in [0.25, 0.3) is 0 Å². The molecule has 26 heavy (non-hydrogen) atoms. The van der Waals surface area contributed by atoms with E-state index in [0.717, 1.165) is 18.2 Å². The highest BCUT2D eigenvalue weighted by molar-refractivity contribution is 7.92. The normalized spacial score (nSPS) is 11.9. The second-order valence-corrected chi connectivity index (χ2v) is 7.07. The second kappa shape index (κ2) is 7.32. The standard InChI is InChI=1S/C16H14F4N2O3S/c1-10-2-7-13(8-14(10)15(23)21-9-16(18,19)20)26(24,25)22-12-5-3-11(17)4-6-12/h2-8,22H,9H2,1H3,(H,21,23). The highest BCUT2D eigenvalue weighted by Gasteiger charge is 2.28. The number of alkyl halides is 3. The average Bonchev–Trinajstić information content (AvgIpc) is 2.54. The molecule has 0 heterocycles. The number of amides is 1. The van der Waals surface area contributed by atoms with Gasteiger partial charge in [-0.25, -0.2) is 12.8 Å². The van der Waals surface area contributed by atoms with Crippen LogP contribution in [0.3, 0.4) is 0 Å². The van der Waals surface area contributed by atoms with Crippen LogP contribution in [0.15, 0.2) is 47.4 Å². The van der Waals surface area contributed by atoms with Crippen LogP contribution >= 0.6 is 0 Å². The van der Waals surface area contributed by atoms with E-state index in [1.807, 2.05) is 0 Å². The molecule has 5 nitrogen and oxygen atoms in total. The molecular formula is C16H14F4N2O3S. The molecule has 10 heteroatoms. The van der Waals surface area contributed by atoms with Gasteiger partial charge in [-0.2, -0.15) is 13.2 Å². The number of hydrogen-bond acceptors (Lipinski definition) is 3. The first-order valence-corrected chi connectivity index (χ1v) is 8.70. The topological polar surface area (TPSA) is 75.3 Å². The monoisotopic (exact) mass is 390 g/mol. The fourth-order valence-corrected chi connectivity index (χ4v) is 3.11. The quantitative estimate of drug-likeness (QED) is 0.770. The molecule has 2 rings (SSSR count). The fraction of sp³-hybridized carbons (Fsp3) is 0.188. The Morgan fingerprint density at radius 1 is 1.08 bits per heavy atom. The third-order valence-corrected chi connectivity index (χ3v) is 4.69. The molecule has 0 atom stereocenters. The smallest absolute Gasteiger partial charge is 0.343 e. The molecule has 0 aromatic heterocycles. The summed E-state index contributed by atoms with van der Waals surface area (Å²) in [6, 6.07) is 8.03. The van der Waals surface area contributed by atoms with Gasteiger partial charge in [-0.1, -0.05) is 6.07 Å². The molecule has 0 aliphatic rings. The highest BCUT2D eigenvalue weighted by Crippen LogP contribution is 2.20. The van der Waals surface area contributed by atoms with Crippen molar-refractivity contribution in [2.75, 3.05) is 11.3 Å². The molecule has 0 radical (unpaired) electrons. The van der Waals surface area contributed by atoms with Crippen LogP contribution in [0.4, 0.5) is 23.2 Å². The van der Waals surface area contributed by atoms with E-state index in [2.05, 4.69) is 4.72 Å². The Hall–Kier alpha value is -2.62. The number of carbonyl (C=O) groups excluding carboxylic acids is 1. The van der Waals surface area contributed by atoms with Crippen molar-refractivity contribution in [3.63, 3.8) is 0 Å². The van der Waals surface area contributed by atoms with Crippen molar-refractivity contribution in [3.8, 4) is 0 Å². The molecule has 2 aromatic carbocycles. The first kappa shape index (κ1) is 19.7. The Kier molecular flexibility index (Phi) is 5.55. The molecule has 0 unspecified atom stereocenters.